The van der Waals surface area contributed by atoms with Gasteiger partial charge in [-0.25, -0.2) is 9.80 Å². The maximum absolute atomic E-state index is 11.1. The first-order valence-electron chi connectivity index (χ1n) is 9.68. The molecule has 1 aliphatic carbocycles. The number of imide groups is 1. The Bertz CT molecular complexity index is 777. The lowest BCUT2D eigenvalue weighted by molar-refractivity contribution is -0.402. The molecule has 2 aliphatic heterocycles. The molecule has 0 radical (unpaired) electrons. The number of urea groups is 1. The van der Waals surface area contributed by atoms with E-state index in [1.807, 2.05) is 5.32 Å². The number of aliphatic hydroxyl groups is 1. The van der Waals surface area contributed by atoms with Crippen LogP contribution in [0.4, 0.5) is 10.7 Å². The van der Waals surface area contributed by atoms with Crippen LogP contribution in [0, 0.1) is 15.5 Å². The highest BCUT2D eigenvalue weighted by Crippen LogP contribution is 2.41. The number of piperidine rings is 1. The van der Waals surface area contributed by atoms with Crippen molar-refractivity contribution in [2.75, 3.05) is 19.6 Å². The number of aliphatic hydroxyl groups excluding tert-OH is 1. The van der Waals surface area contributed by atoms with Gasteiger partial charge >= 0.3 is 11.9 Å². The van der Waals surface area contributed by atoms with E-state index in [0.29, 0.717) is 0 Å². The zero-order valence-corrected chi connectivity index (χ0v) is 16.0. The van der Waals surface area contributed by atoms with Gasteiger partial charge in [0.15, 0.2) is 5.76 Å². The topological polar surface area (TPSA) is 150 Å². The fourth-order valence-electron chi connectivity index (χ4n) is 3.94. The Morgan fingerprint density at radius 1 is 1.31 bits per heavy atom. The van der Waals surface area contributed by atoms with E-state index in [4.69, 9.17) is 4.42 Å². The third-order valence-corrected chi connectivity index (χ3v) is 5.51. The largest absolute Gasteiger partial charge is 0.433 e. The first-order chi connectivity index (χ1) is 13.9. The van der Waals surface area contributed by atoms with Crippen LogP contribution in [0.15, 0.2) is 21.7 Å². The van der Waals surface area contributed by atoms with E-state index in [0.717, 1.165) is 36.8 Å². The fourth-order valence-corrected chi connectivity index (χ4v) is 3.94. The summed E-state index contributed by atoms with van der Waals surface area (Å²) in [7, 11) is 0. The van der Waals surface area contributed by atoms with Crippen LogP contribution >= 0.6 is 0 Å². The molecule has 2 atom stereocenters. The van der Waals surface area contributed by atoms with E-state index in [9.17, 15) is 24.8 Å². The average molecular weight is 407 g/mol. The molecule has 29 heavy (non-hydrogen) atoms. The van der Waals surface area contributed by atoms with Crippen molar-refractivity contribution in [3.8, 4) is 0 Å². The lowest BCUT2D eigenvalue weighted by Crippen LogP contribution is -2.49. The van der Waals surface area contributed by atoms with Gasteiger partial charge in [-0.1, -0.05) is 12.8 Å². The number of nitrogens with one attached hydrogen (secondary N) is 2. The van der Waals surface area contributed by atoms with Crippen LogP contribution in [0.1, 0.15) is 44.3 Å². The molecule has 158 valence electrons. The van der Waals surface area contributed by atoms with Gasteiger partial charge in [-0.3, -0.25) is 20.2 Å². The fraction of sp³-hybridized carbons (Fsp3) is 0.611. The Hall–Kier alpha value is -2.79. The van der Waals surface area contributed by atoms with Crippen molar-refractivity contribution in [3.63, 3.8) is 0 Å². The minimum atomic E-state index is -0.691. The second-order valence-corrected chi connectivity index (χ2v) is 7.49. The van der Waals surface area contributed by atoms with Crippen molar-refractivity contribution >= 4 is 24.0 Å². The van der Waals surface area contributed by atoms with Crippen LogP contribution < -0.4 is 10.6 Å². The van der Waals surface area contributed by atoms with Gasteiger partial charge in [0.25, 0.3) is 0 Å². The van der Waals surface area contributed by atoms with E-state index in [1.54, 1.807) is 0 Å². The molecule has 1 saturated carbocycles. The minimum absolute atomic E-state index is 0.0287. The maximum Gasteiger partial charge on any atom is 0.433 e. The monoisotopic (exact) mass is 407 g/mol. The lowest BCUT2D eigenvalue weighted by Gasteiger charge is -2.44. The average Bonchev–Trinajstić information content (AvgIpc) is 3.30. The van der Waals surface area contributed by atoms with Crippen LogP contribution in [0.25, 0.3) is 0 Å². The quantitative estimate of drug-likeness (QED) is 0.296. The molecule has 3 aliphatic rings. The first kappa shape index (κ1) is 20.9. The summed E-state index contributed by atoms with van der Waals surface area (Å²) in [5.41, 5.74) is 0.260. The smallest absolute Gasteiger partial charge is 0.400 e. The molecule has 4 rings (SSSR count). The molecule has 11 heteroatoms. The van der Waals surface area contributed by atoms with Gasteiger partial charge in [0.2, 0.25) is 5.91 Å². The predicted octanol–water partition coefficient (Wildman–Crippen LogP) is 1.36. The Morgan fingerprint density at radius 3 is 2.69 bits per heavy atom. The predicted molar refractivity (Wildman–Crippen MR) is 102 cm³/mol. The van der Waals surface area contributed by atoms with Gasteiger partial charge in [0, 0.05) is 12.0 Å². The van der Waals surface area contributed by atoms with Crippen molar-refractivity contribution in [2.24, 2.45) is 10.5 Å². The molecule has 1 aromatic heterocycles. The number of hydrogen-bond donors (Lipinski definition) is 3. The first-order valence-corrected chi connectivity index (χ1v) is 9.68. The Balaban J connectivity index is 0.000000176. The number of hydrazone groups is 1. The van der Waals surface area contributed by atoms with E-state index in [1.165, 1.54) is 38.2 Å². The van der Waals surface area contributed by atoms with E-state index in [-0.39, 0.29) is 23.8 Å². The number of nitro groups is 1. The maximum atomic E-state index is 11.1. The number of hydrogen-bond acceptors (Lipinski definition) is 8. The van der Waals surface area contributed by atoms with E-state index >= 15 is 0 Å². The normalized spacial score (nSPS) is 27.1. The number of rotatable bonds is 3. The van der Waals surface area contributed by atoms with Gasteiger partial charge in [0.1, 0.15) is 11.5 Å². The van der Waals surface area contributed by atoms with Crippen LogP contribution in [0.3, 0.4) is 0 Å². The van der Waals surface area contributed by atoms with Crippen molar-refractivity contribution in [1.29, 1.82) is 0 Å². The summed E-state index contributed by atoms with van der Waals surface area (Å²) >= 11 is 0. The number of carbonyl (C=O) groups is 2. The van der Waals surface area contributed by atoms with Gasteiger partial charge in [-0.2, -0.15) is 5.10 Å². The lowest BCUT2D eigenvalue weighted by atomic mass is 9.68. The van der Waals surface area contributed by atoms with Crippen molar-refractivity contribution in [2.45, 2.75) is 44.6 Å². The summed E-state index contributed by atoms with van der Waals surface area (Å²) in [5.74, 6) is -0.769. The van der Waals surface area contributed by atoms with Crippen LogP contribution in [0.2, 0.25) is 0 Å². The molecule has 1 spiro atoms. The third-order valence-electron chi connectivity index (χ3n) is 5.51. The standard InChI is InChI=1S/C10H19NO.C8H6N4O5/c12-9-4-1-2-5-10(9)6-3-7-11-8-10;13-6-4-11(8(14)10-6)9-3-5-1-2-7(17-5)12(15)16/h9,11-12H,1-8H2;1-3H,4H2,(H,10,13,14)/b;9-3+/t9-,10+;/m1./s1. The van der Waals surface area contributed by atoms with Crippen LogP contribution in [-0.4, -0.2) is 58.9 Å². The molecule has 0 bridgehead atoms. The molecule has 2 saturated heterocycles. The molecule has 11 nitrogen and oxygen atoms in total. The van der Waals surface area contributed by atoms with Crippen molar-refractivity contribution in [3.05, 3.63) is 28.0 Å². The van der Waals surface area contributed by atoms with Crippen molar-refractivity contribution < 1.29 is 24.0 Å². The van der Waals surface area contributed by atoms with Gasteiger partial charge < -0.3 is 14.8 Å². The molecule has 0 unspecified atom stereocenters. The summed E-state index contributed by atoms with van der Waals surface area (Å²) in [6.45, 7) is 2.01. The van der Waals surface area contributed by atoms with Crippen molar-refractivity contribution in [1.82, 2.24) is 15.6 Å². The Kier molecular flexibility index (Phi) is 6.60. The number of amides is 3. The van der Waals surface area contributed by atoms with Crippen LogP contribution in [-0.2, 0) is 4.79 Å². The molecule has 1 aromatic rings. The Morgan fingerprint density at radius 2 is 2.10 bits per heavy atom. The summed E-state index contributed by atoms with van der Waals surface area (Å²) in [5, 5.41) is 30.2. The highest BCUT2D eigenvalue weighted by Gasteiger charge is 2.40. The molecular weight excluding hydrogens is 382 g/mol. The highest BCUT2D eigenvalue weighted by molar-refractivity contribution is 6.02. The summed E-state index contributed by atoms with van der Waals surface area (Å²) in [4.78, 5) is 31.5. The zero-order valence-electron chi connectivity index (χ0n) is 16.0. The van der Waals surface area contributed by atoms with E-state index in [2.05, 4.69) is 10.4 Å². The highest BCUT2D eigenvalue weighted by atomic mass is 16.6. The number of furan rings is 1. The molecule has 0 aromatic carbocycles. The zero-order chi connectivity index (χ0) is 20.9. The molecule has 3 fully saturated rings. The summed E-state index contributed by atoms with van der Waals surface area (Å²) in [6.07, 6.45) is 8.38. The molecule has 3 heterocycles. The van der Waals surface area contributed by atoms with E-state index < -0.39 is 22.7 Å². The second-order valence-electron chi connectivity index (χ2n) is 7.49. The second kappa shape index (κ2) is 9.14. The third kappa shape index (κ3) is 5.18. The van der Waals surface area contributed by atoms with Gasteiger partial charge in [0.05, 0.1) is 18.4 Å². The molecule has 3 N–H and O–H groups in total. The summed E-state index contributed by atoms with van der Waals surface area (Å²) < 4.78 is 4.78. The van der Waals surface area contributed by atoms with Gasteiger partial charge in [-0.15, -0.1) is 0 Å². The Labute approximate surface area is 167 Å². The molecular formula is C18H25N5O6. The van der Waals surface area contributed by atoms with Crippen LogP contribution in [0.5, 0.6) is 0 Å². The molecule has 3 amide bonds. The summed E-state index contributed by atoms with van der Waals surface area (Å²) in [6, 6.07) is 1.85. The number of nitrogens with zero attached hydrogens (tertiary/aromatic N) is 3. The SMILES string of the molecule is O=C1CN(/N=C/c2ccc([N+](=O)[O-])o2)C(=O)N1.O[C@@H]1CCCC[C@@]12CCCNC2. The minimum Gasteiger partial charge on any atom is -0.400 e. The van der Waals surface area contributed by atoms with Gasteiger partial charge in [-0.05, 0) is 38.3 Å². The number of carbonyl (C=O) groups excluding carboxylic acids is 2.